The minimum Gasteiger partial charge on any atom is -0.302 e. The summed E-state index contributed by atoms with van der Waals surface area (Å²) in [6.07, 6.45) is 2.34. The molecule has 0 radical (unpaired) electrons. The highest BCUT2D eigenvalue weighted by Gasteiger charge is 2.15. The summed E-state index contributed by atoms with van der Waals surface area (Å²) in [6.45, 7) is 2.76. The quantitative estimate of drug-likeness (QED) is 0.842. The number of hydrogen-bond donors (Lipinski definition) is 0. The van der Waals surface area contributed by atoms with Crippen LogP contribution in [-0.4, -0.2) is 30.3 Å². The summed E-state index contributed by atoms with van der Waals surface area (Å²) in [5, 5.41) is 1.21. The van der Waals surface area contributed by atoms with Crippen molar-refractivity contribution in [2.24, 2.45) is 0 Å². The summed E-state index contributed by atoms with van der Waals surface area (Å²) in [7, 11) is 0. The molecule has 1 heterocycles. The number of nitrogens with zero attached hydrogens (tertiary/aromatic N) is 1. The Kier molecular flexibility index (Phi) is 4.43. The summed E-state index contributed by atoms with van der Waals surface area (Å²) in [5.41, 5.74) is 1.19. The second-order valence-corrected chi connectivity index (χ2v) is 5.19. The summed E-state index contributed by atoms with van der Waals surface area (Å²) < 4.78 is 0. The lowest BCUT2D eigenvalue weighted by Crippen LogP contribution is -2.35. The standard InChI is InChI=1S/C13H15Cl2NO/c14-12-2-1-10(9-13(12)15)3-6-16-7-4-11(17)5-8-16/h1-2,9H,3-8H2. The molecule has 1 aliphatic heterocycles. The van der Waals surface area contributed by atoms with Gasteiger partial charge in [-0.05, 0) is 24.1 Å². The number of carbonyl (C=O) groups is 1. The van der Waals surface area contributed by atoms with Gasteiger partial charge in [-0.1, -0.05) is 29.3 Å². The maximum Gasteiger partial charge on any atom is 0.135 e. The average Bonchev–Trinajstić information content (AvgIpc) is 2.33. The van der Waals surface area contributed by atoms with Gasteiger partial charge >= 0.3 is 0 Å². The molecule has 1 aromatic carbocycles. The first-order valence-corrected chi connectivity index (χ1v) is 6.59. The summed E-state index contributed by atoms with van der Waals surface area (Å²) >= 11 is 11.8. The molecule has 4 heteroatoms. The predicted octanol–water partition coefficient (Wildman–Crippen LogP) is 3.20. The van der Waals surface area contributed by atoms with Gasteiger partial charge in [-0.25, -0.2) is 0 Å². The maximum absolute atomic E-state index is 11.1. The molecular weight excluding hydrogens is 257 g/mol. The number of Topliss-reactive ketones (excluding diaryl/α,β-unsaturated/α-hetero) is 1. The Morgan fingerprint density at radius 2 is 1.82 bits per heavy atom. The van der Waals surface area contributed by atoms with Crippen LogP contribution in [0.1, 0.15) is 18.4 Å². The number of hydrogen-bond acceptors (Lipinski definition) is 2. The van der Waals surface area contributed by atoms with Crippen LogP contribution in [0, 0.1) is 0 Å². The van der Waals surface area contributed by atoms with Crippen molar-refractivity contribution < 1.29 is 4.79 Å². The summed E-state index contributed by atoms with van der Waals surface area (Å²) in [4.78, 5) is 13.4. The largest absolute Gasteiger partial charge is 0.302 e. The predicted molar refractivity (Wildman–Crippen MR) is 70.8 cm³/mol. The van der Waals surface area contributed by atoms with Crippen molar-refractivity contribution in [3.8, 4) is 0 Å². The molecule has 0 bridgehead atoms. The van der Waals surface area contributed by atoms with E-state index in [-0.39, 0.29) is 0 Å². The fourth-order valence-electron chi connectivity index (χ4n) is 2.01. The van der Waals surface area contributed by atoms with Crippen LogP contribution in [0.2, 0.25) is 10.0 Å². The Morgan fingerprint density at radius 3 is 2.47 bits per heavy atom. The van der Waals surface area contributed by atoms with E-state index in [0.717, 1.165) is 26.1 Å². The van der Waals surface area contributed by atoms with Crippen molar-refractivity contribution >= 4 is 29.0 Å². The average molecular weight is 272 g/mol. The highest BCUT2D eigenvalue weighted by atomic mass is 35.5. The second kappa shape index (κ2) is 5.85. The number of halogens is 2. The van der Waals surface area contributed by atoms with E-state index in [1.807, 2.05) is 18.2 Å². The normalized spacial score (nSPS) is 17.4. The van der Waals surface area contributed by atoms with Gasteiger partial charge in [-0.15, -0.1) is 0 Å². The van der Waals surface area contributed by atoms with E-state index in [1.165, 1.54) is 5.56 Å². The molecule has 0 spiro atoms. The highest BCUT2D eigenvalue weighted by molar-refractivity contribution is 6.42. The van der Waals surface area contributed by atoms with E-state index in [1.54, 1.807) is 0 Å². The van der Waals surface area contributed by atoms with Crippen molar-refractivity contribution in [2.75, 3.05) is 19.6 Å². The SMILES string of the molecule is O=C1CCN(CCc2ccc(Cl)c(Cl)c2)CC1. The number of benzene rings is 1. The lowest BCUT2D eigenvalue weighted by molar-refractivity contribution is -0.121. The van der Waals surface area contributed by atoms with E-state index in [0.29, 0.717) is 28.7 Å². The third-order valence-corrected chi connectivity index (χ3v) is 3.85. The maximum atomic E-state index is 11.1. The van der Waals surface area contributed by atoms with Crippen molar-refractivity contribution in [1.29, 1.82) is 0 Å². The molecule has 1 fully saturated rings. The van der Waals surface area contributed by atoms with Crippen LogP contribution < -0.4 is 0 Å². The van der Waals surface area contributed by atoms with Crippen molar-refractivity contribution in [3.05, 3.63) is 33.8 Å². The minimum atomic E-state index is 0.385. The van der Waals surface area contributed by atoms with Crippen molar-refractivity contribution in [1.82, 2.24) is 4.90 Å². The zero-order valence-electron chi connectivity index (χ0n) is 9.59. The van der Waals surface area contributed by atoms with E-state index in [9.17, 15) is 4.79 Å². The molecule has 0 aromatic heterocycles. The summed E-state index contributed by atoms with van der Waals surface area (Å²) in [5.74, 6) is 0.385. The molecule has 1 saturated heterocycles. The van der Waals surface area contributed by atoms with E-state index in [2.05, 4.69) is 4.90 Å². The second-order valence-electron chi connectivity index (χ2n) is 4.38. The first-order chi connectivity index (χ1) is 8.15. The lowest BCUT2D eigenvalue weighted by atomic mass is 10.1. The molecule has 0 aliphatic carbocycles. The van der Waals surface area contributed by atoms with Crippen LogP contribution in [0.25, 0.3) is 0 Å². The molecule has 0 saturated carbocycles. The van der Waals surface area contributed by atoms with Gasteiger partial charge in [0.05, 0.1) is 10.0 Å². The molecule has 17 heavy (non-hydrogen) atoms. The number of piperidine rings is 1. The van der Waals surface area contributed by atoms with Gasteiger partial charge in [0.25, 0.3) is 0 Å². The first kappa shape index (κ1) is 12.9. The van der Waals surface area contributed by atoms with E-state index >= 15 is 0 Å². The van der Waals surface area contributed by atoms with Crippen LogP contribution in [0.5, 0.6) is 0 Å². The van der Waals surface area contributed by atoms with Gasteiger partial charge in [0, 0.05) is 32.5 Å². The first-order valence-electron chi connectivity index (χ1n) is 5.83. The third kappa shape index (κ3) is 3.70. The zero-order chi connectivity index (χ0) is 12.3. The lowest BCUT2D eigenvalue weighted by Gasteiger charge is -2.25. The van der Waals surface area contributed by atoms with Gasteiger partial charge in [-0.3, -0.25) is 4.79 Å². The molecule has 0 N–H and O–H groups in total. The topological polar surface area (TPSA) is 20.3 Å². The Labute approximate surface area is 112 Å². The minimum absolute atomic E-state index is 0.385. The number of rotatable bonds is 3. The molecule has 1 aromatic rings. The molecule has 92 valence electrons. The molecule has 2 nitrogen and oxygen atoms in total. The Hall–Kier alpha value is -0.570. The highest BCUT2D eigenvalue weighted by Crippen LogP contribution is 2.23. The van der Waals surface area contributed by atoms with Crippen molar-refractivity contribution in [2.45, 2.75) is 19.3 Å². The molecular formula is C13H15Cl2NO. The number of ketones is 1. The van der Waals surface area contributed by atoms with Gasteiger partial charge in [-0.2, -0.15) is 0 Å². The van der Waals surface area contributed by atoms with E-state index < -0.39 is 0 Å². The van der Waals surface area contributed by atoms with Gasteiger partial charge in [0.2, 0.25) is 0 Å². The van der Waals surface area contributed by atoms with E-state index in [4.69, 9.17) is 23.2 Å². The third-order valence-electron chi connectivity index (χ3n) is 3.11. The van der Waals surface area contributed by atoms with Gasteiger partial charge in [0.1, 0.15) is 5.78 Å². The van der Waals surface area contributed by atoms with Gasteiger partial charge < -0.3 is 4.90 Å². The number of carbonyl (C=O) groups excluding carboxylic acids is 1. The Bertz CT molecular complexity index is 410. The summed E-state index contributed by atoms with van der Waals surface area (Å²) in [6, 6.07) is 5.75. The van der Waals surface area contributed by atoms with Crippen LogP contribution >= 0.6 is 23.2 Å². The Morgan fingerprint density at radius 1 is 1.12 bits per heavy atom. The monoisotopic (exact) mass is 271 g/mol. The fourth-order valence-corrected chi connectivity index (χ4v) is 2.33. The number of likely N-dealkylation sites (tertiary alicyclic amines) is 1. The van der Waals surface area contributed by atoms with Crippen LogP contribution in [0.15, 0.2) is 18.2 Å². The van der Waals surface area contributed by atoms with Crippen molar-refractivity contribution in [3.63, 3.8) is 0 Å². The molecule has 1 aliphatic rings. The fraction of sp³-hybridized carbons (Fsp3) is 0.462. The molecule has 2 rings (SSSR count). The van der Waals surface area contributed by atoms with Crippen LogP contribution in [0.3, 0.4) is 0 Å². The molecule has 0 unspecified atom stereocenters. The van der Waals surface area contributed by atoms with Gasteiger partial charge in [0.15, 0.2) is 0 Å². The molecule has 0 atom stereocenters. The van der Waals surface area contributed by atoms with Crippen LogP contribution in [0.4, 0.5) is 0 Å². The smallest absolute Gasteiger partial charge is 0.135 e. The van der Waals surface area contributed by atoms with Crippen LogP contribution in [-0.2, 0) is 11.2 Å². The Balaban J connectivity index is 1.85. The zero-order valence-corrected chi connectivity index (χ0v) is 11.1. The molecule has 0 amide bonds.